The van der Waals surface area contributed by atoms with E-state index in [-0.39, 0.29) is 0 Å². The molecule has 0 heterocycles. The first-order valence-corrected chi connectivity index (χ1v) is 22.1. The van der Waals surface area contributed by atoms with Crippen molar-refractivity contribution in [2.75, 3.05) is 6.61 Å². The van der Waals surface area contributed by atoms with Crippen LogP contribution in [-0.2, 0) is 4.43 Å². The molecular weight excluding hydrogens is 463 g/mol. The quantitative estimate of drug-likeness (QED) is 0.185. The molecule has 0 aromatic rings. The van der Waals surface area contributed by atoms with E-state index in [4.69, 9.17) is 4.43 Å². The second-order valence-corrected chi connectivity index (χ2v) is 28.9. The standard InChI is InChI=1S/C13H27OSi.3C4H9.Sn/c1-8-9-10-14-15(11(2)3,12(4)5)13(6)7;3*1-3-4-2;/h8,11-13H,10H2,1-7H3;3*1,3-4H2,2H3;. The van der Waals surface area contributed by atoms with Gasteiger partial charge in [-0.15, -0.1) is 0 Å². The van der Waals surface area contributed by atoms with Crippen LogP contribution in [0, 0.1) is 0 Å². The fourth-order valence-corrected chi connectivity index (χ4v) is 28.0. The average Bonchev–Trinajstić information content (AvgIpc) is 2.64. The van der Waals surface area contributed by atoms with E-state index < -0.39 is 26.7 Å². The van der Waals surface area contributed by atoms with Crippen LogP contribution in [0.4, 0.5) is 0 Å². The fraction of sp³-hybridized carbons (Fsp3) is 0.920. The Morgan fingerprint density at radius 2 is 1.11 bits per heavy atom. The van der Waals surface area contributed by atoms with Gasteiger partial charge in [0.25, 0.3) is 0 Å². The third kappa shape index (κ3) is 7.76. The van der Waals surface area contributed by atoms with Crippen LogP contribution in [0.5, 0.6) is 0 Å². The van der Waals surface area contributed by atoms with Gasteiger partial charge in [0.2, 0.25) is 0 Å². The molecule has 0 rings (SSSR count). The van der Waals surface area contributed by atoms with E-state index in [1.165, 1.54) is 38.5 Å². The van der Waals surface area contributed by atoms with Crippen molar-refractivity contribution in [1.29, 1.82) is 0 Å². The number of rotatable bonds is 16. The van der Waals surface area contributed by atoms with Crippen molar-refractivity contribution in [3.63, 3.8) is 0 Å². The molecule has 3 heteroatoms. The summed E-state index contributed by atoms with van der Waals surface area (Å²) in [5.74, 6) is 0. The van der Waals surface area contributed by atoms with Gasteiger partial charge in [0.1, 0.15) is 0 Å². The Bertz CT molecular complexity index is 385. The van der Waals surface area contributed by atoms with Crippen molar-refractivity contribution in [3.8, 4) is 0 Å². The molecule has 0 aromatic carbocycles. The third-order valence-electron chi connectivity index (χ3n) is 7.24. The van der Waals surface area contributed by atoms with Gasteiger partial charge < -0.3 is 0 Å². The molecule has 0 unspecified atom stereocenters. The maximum atomic E-state index is 7.14. The van der Waals surface area contributed by atoms with Gasteiger partial charge in [-0.05, 0) is 0 Å². The zero-order valence-corrected chi connectivity index (χ0v) is 25.1. The number of unbranched alkanes of at least 4 members (excludes halogenated alkanes) is 3. The molecule has 0 aromatic heterocycles. The van der Waals surface area contributed by atoms with Crippen LogP contribution in [0.15, 0.2) is 9.67 Å². The summed E-state index contributed by atoms with van der Waals surface area (Å²) in [5, 5.41) is 0. The van der Waals surface area contributed by atoms with Gasteiger partial charge in [0.05, 0.1) is 0 Å². The summed E-state index contributed by atoms with van der Waals surface area (Å²) in [6.07, 6.45) is 10.9. The molecule has 0 aliphatic carbocycles. The SMILES string of the molecule is C/C=[C](\CO[Si](C(C)C)(C(C)C)C(C)C)[Sn]([CH2]CCC)([CH2]CCC)[CH2]CCC. The molecule has 1 nitrogen and oxygen atoms in total. The summed E-state index contributed by atoms with van der Waals surface area (Å²) in [6, 6.07) is 0. The second-order valence-electron chi connectivity index (χ2n) is 10.0. The summed E-state index contributed by atoms with van der Waals surface area (Å²) in [5.41, 5.74) is 2.03. The summed E-state index contributed by atoms with van der Waals surface area (Å²) >= 11 is -2.35. The van der Waals surface area contributed by atoms with Crippen molar-refractivity contribution < 1.29 is 4.43 Å². The third-order valence-corrected chi connectivity index (χ3v) is 29.6. The topological polar surface area (TPSA) is 9.23 Å². The van der Waals surface area contributed by atoms with E-state index in [1.807, 2.05) is 3.59 Å². The monoisotopic (exact) mass is 518 g/mol. The molecule has 28 heavy (non-hydrogen) atoms. The minimum atomic E-state index is -2.35. The molecule has 0 saturated carbocycles. The average molecular weight is 518 g/mol. The first-order valence-electron chi connectivity index (χ1n) is 12.5. The molecule has 0 saturated heterocycles. The Labute approximate surface area is 184 Å². The number of allylic oxidation sites excluding steroid dienone is 1. The summed E-state index contributed by atoms with van der Waals surface area (Å²) < 4.78 is 13.6. The van der Waals surface area contributed by atoms with Crippen LogP contribution in [0.1, 0.15) is 108 Å². The van der Waals surface area contributed by atoms with Crippen molar-refractivity contribution in [1.82, 2.24) is 0 Å². The summed E-state index contributed by atoms with van der Waals surface area (Å²) in [7, 11) is -1.79. The van der Waals surface area contributed by atoms with E-state index in [1.54, 1.807) is 13.3 Å². The summed E-state index contributed by atoms with van der Waals surface area (Å²) in [6.45, 7) is 24.9. The molecule has 0 aliphatic rings. The van der Waals surface area contributed by atoms with Crippen molar-refractivity contribution in [3.05, 3.63) is 9.67 Å². The maximum absolute atomic E-state index is 7.14. The van der Waals surface area contributed by atoms with Crippen LogP contribution in [0.25, 0.3) is 0 Å². The molecule has 0 radical (unpaired) electrons. The van der Waals surface area contributed by atoms with E-state index in [0.717, 1.165) is 6.61 Å². The van der Waals surface area contributed by atoms with Gasteiger partial charge in [-0.3, -0.25) is 0 Å². The number of hydrogen-bond donors (Lipinski definition) is 0. The normalized spacial score (nSPS) is 14.0. The van der Waals surface area contributed by atoms with E-state index in [9.17, 15) is 0 Å². The molecule has 0 aliphatic heterocycles. The van der Waals surface area contributed by atoms with Crippen LogP contribution in [-0.4, -0.2) is 33.3 Å². The molecule has 0 fully saturated rings. The van der Waals surface area contributed by atoms with Gasteiger partial charge in [-0.1, -0.05) is 0 Å². The van der Waals surface area contributed by atoms with Gasteiger partial charge in [0.15, 0.2) is 0 Å². The van der Waals surface area contributed by atoms with Crippen LogP contribution in [0.3, 0.4) is 0 Å². The van der Waals surface area contributed by atoms with Gasteiger partial charge in [-0.2, -0.15) is 0 Å². The Kier molecular flexibility index (Phi) is 15.0. The molecule has 0 amide bonds. The van der Waals surface area contributed by atoms with Crippen molar-refractivity contribution in [2.24, 2.45) is 0 Å². The Balaban J connectivity index is 5.81. The molecular formula is C25H54OSiSn. The van der Waals surface area contributed by atoms with Crippen molar-refractivity contribution in [2.45, 2.75) is 138 Å². The molecule has 0 bridgehead atoms. The van der Waals surface area contributed by atoms with Crippen LogP contribution < -0.4 is 0 Å². The van der Waals surface area contributed by atoms with E-state index in [0.29, 0.717) is 16.6 Å². The Morgan fingerprint density at radius 3 is 1.36 bits per heavy atom. The van der Waals surface area contributed by atoms with Gasteiger partial charge in [-0.25, -0.2) is 0 Å². The van der Waals surface area contributed by atoms with Gasteiger partial charge >= 0.3 is 185 Å². The zero-order valence-electron chi connectivity index (χ0n) is 21.3. The first kappa shape index (κ1) is 28.7. The molecule has 0 spiro atoms. The zero-order chi connectivity index (χ0) is 21.8. The van der Waals surface area contributed by atoms with Crippen molar-refractivity contribution >= 4 is 26.7 Å². The van der Waals surface area contributed by atoms with E-state index in [2.05, 4.69) is 75.3 Å². The molecule has 0 atom stereocenters. The molecule has 0 N–H and O–H groups in total. The fourth-order valence-electron chi connectivity index (χ4n) is 5.65. The molecule has 168 valence electrons. The first-order chi connectivity index (χ1) is 13.2. The van der Waals surface area contributed by atoms with Crippen LogP contribution >= 0.6 is 0 Å². The van der Waals surface area contributed by atoms with E-state index >= 15 is 0 Å². The van der Waals surface area contributed by atoms with Gasteiger partial charge in [0, 0.05) is 0 Å². The minimum absolute atomic E-state index is 0.678. The Morgan fingerprint density at radius 1 is 0.750 bits per heavy atom. The number of hydrogen-bond acceptors (Lipinski definition) is 1. The summed E-state index contributed by atoms with van der Waals surface area (Å²) in [4.78, 5) is 0. The van der Waals surface area contributed by atoms with Crippen LogP contribution in [0.2, 0.25) is 29.9 Å². The Hall–Kier alpha value is 0.716. The predicted octanol–water partition coefficient (Wildman–Crippen LogP) is 9.51. The second kappa shape index (κ2) is 14.7. The predicted molar refractivity (Wildman–Crippen MR) is 136 cm³/mol.